The Morgan fingerprint density at radius 2 is 1.90 bits per heavy atom. The molecule has 6 heteroatoms. The molecule has 0 spiro atoms. The molecule has 0 aliphatic heterocycles. The first-order valence-corrected chi connectivity index (χ1v) is 10.4. The number of anilines is 1. The molecule has 2 aromatic carbocycles. The van der Waals surface area contributed by atoms with Crippen molar-refractivity contribution in [3.63, 3.8) is 0 Å². The zero-order valence-electron chi connectivity index (χ0n) is 17.4. The number of rotatable bonds is 8. The summed E-state index contributed by atoms with van der Waals surface area (Å²) < 4.78 is 5.78. The van der Waals surface area contributed by atoms with E-state index in [1.54, 1.807) is 36.7 Å². The molecule has 0 saturated heterocycles. The predicted octanol–water partition coefficient (Wildman–Crippen LogP) is 4.50. The Hall–Kier alpha value is -3.67. The molecule has 1 heterocycles. The van der Waals surface area contributed by atoms with Crippen LogP contribution in [0.5, 0.6) is 5.75 Å². The molecule has 0 bridgehead atoms. The third-order valence-corrected chi connectivity index (χ3v) is 5.20. The first-order chi connectivity index (χ1) is 15.1. The van der Waals surface area contributed by atoms with Crippen LogP contribution in [0.15, 0.2) is 73.1 Å². The van der Waals surface area contributed by atoms with E-state index in [1.165, 1.54) is 0 Å². The van der Waals surface area contributed by atoms with E-state index < -0.39 is 0 Å². The molecule has 2 amide bonds. The van der Waals surface area contributed by atoms with Crippen LogP contribution in [0.1, 0.15) is 47.3 Å². The highest BCUT2D eigenvalue weighted by molar-refractivity contribution is 5.98. The molecule has 0 radical (unpaired) electrons. The molecule has 1 aliphatic rings. The third kappa shape index (κ3) is 5.69. The van der Waals surface area contributed by atoms with Crippen LogP contribution >= 0.6 is 0 Å². The van der Waals surface area contributed by atoms with Crippen LogP contribution < -0.4 is 15.4 Å². The lowest BCUT2D eigenvalue weighted by molar-refractivity contribution is -0.117. The maximum Gasteiger partial charge on any atom is 0.251 e. The van der Waals surface area contributed by atoms with Crippen molar-refractivity contribution in [3.8, 4) is 5.75 Å². The number of hydrogen-bond donors (Lipinski definition) is 2. The molecule has 1 aromatic heterocycles. The molecule has 1 atom stereocenters. The fourth-order valence-electron chi connectivity index (χ4n) is 3.19. The summed E-state index contributed by atoms with van der Waals surface area (Å²) in [4.78, 5) is 28.7. The minimum Gasteiger partial charge on any atom is -0.489 e. The van der Waals surface area contributed by atoms with Crippen molar-refractivity contribution in [2.75, 3.05) is 5.32 Å². The van der Waals surface area contributed by atoms with E-state index in [9.17, 15) is 9.59 Å². The summed E-state index contributed by atoms with van der Waals surface area (Å²) >= 11 is 0. The number of carbonyl (C=O) groups excluding carboxylic acids is 2. The first-order valence-electron chi connectivity index (χ1n) is 10.4. The average molecular weight is 415 g/mol. The molecule has 1 unspecified atom stereocenters. The maximum absolute atomic E-state index is 12.7. The number of hydrogen-bond acceptors (Lipinski definition) is 4. The van der Waals surface area contributed by atoms with E-state index in [0.717, 1.165) is 29.7 Å². The second-order valence-electron chi connectivity index (χ2n) is 7.76. The van der Waals surface area contributed by atoms with Gasteiger partial charge >= 0.3 is 0 Å². The van der Waals surface area contributed by atoms with Gasteiger partial charge in [0.05, 0.1) is 6.04 Å². The zero-order valence-corrected chi connectivity index (χ0v) is 17.4. The van der Waals surface area contributed by atoms with Gasteiger partial charge in [-0.3, -0.25) is 14.6 Å². The number of pyridine rings is 1. The Bertz CT molecular complexity index is 1050. The van der Waals surface area contributed by atoms with Crippen LogP contribution in [0.25, 0.3) is 0 Å². The van der Waals surface area contributed by atoms with Crippen molar-refractivity contribution in [3.05, 3.63) is 89.7 Å². The highest BCUT2D eigenvalue weighted by Gasteiger charge is 2.29. The summed E-state index contributed by atoms with van der Waals surface area (Å²) in [7, 11) is 0. The van der Waals surface area contributed by atoms with Crippen LogP contribution in [-0.2, 0) is 11.4 Å². The second-order valence-corrected chi connectivity index (χ2v) is 7.76. The van der Waals surface area contributed by atoms with Crippen molar-refractivity contribution in [1.29, 1.82) is 0 Å². The standard InChI is InChI=1S/C25H25N3O3/c1-17(19-9-11-23(12-10-19)31-16-18-4-3-13-26-15-18)27-25(30)21-5-2-6-22(14-21)28-24(29)20-7-8-20/h2-6,9-15,17,20H,7-8,16H2,1H3,(H,27,30)(H,28,29). The van der Waals surface area contributed by atoms with Gasteiger partial charge < -0.3 is 15.4 Å². The SMILES string of the molecule is CC(NC(=O)c1cccc(NC(=O)C2CC2)c1)c1ccc(OCc2cccnc2)cc1. The van der Waals surface area contributed by atoms with Gasteiger partial charge in [-0.15, -0.1) is 0 Å². The summed E-state index contributed by atoms with van der Waals surface area (Å²) in [5.41, 5.74) is 3.13. The van der Waals surface area contributed by atoms with Crippen molar-refractivity contribution < 1.29 is 14.3 Å². The highest BCUT2D eigenvalue weighted by atomic mass is 16.5. The number of ether oxygens (including phenoxy) is 1. The Morgan fingerprint density at radius 3 is 2.61 bits per heavy atom. The van der Waals surface area contributed by atoms with Crippen molar-refractivity contribution in [2.45, 2.75) is 32.4 Å². The van der Waals surface area contributed by atoms with Crippen LogP contribution in [-0.4, -0.2) is 16.8 Å². The Labute approximate surface area is 181 Å². The van der Waals surface area contributed by atoms with Crippen LogP contribution in [0, 0.1) is 5.92 Å². The lowest BCUT2D eigenvalue weighted by Crippen LogP contribution is -2.26. The van der Waals surface area contributed by atoms with E-state index in [2.05, 4.69) is 15.6 Å². The number of carbonyl (C=O) groups is 2. The van der Waals surface area contributed by atoms with Crippen molar-refractivity contribution in [1.82, 2.24) is 10.3 Å². The minimum absolute atomic E-state index is 0.0248. The fourth-order valence-corrected chi connectivity index (χ4v) is 3.19. The van der Waals surface area contributed by atoms with Crippen LogP contribution in [0.4, 0.5) is 5.69 Å². The van der Waals surface area contributed by atoms with Gasteiger partial charge in [-0.2, -0.15) is 0 Å². The summed E-state index contributed by atoms with van der Waals surface area (Å²) in [5.74, 6) is 0.711. The summed E-state index contributed by atoms with van der Waals surface area (Å²) in [6.07, 6.45) is 5.39. The van der Waals surface area contributed by atoms with Gasteiger partial charge in [0, 0.05) is 35.1 Å². The number of amides is 2. The molecule has 1 saturated carbocycles. The number of benzene rings is 2. The Morgan fingerprint density at radius 1 is 1.10 bits per heavy atom. The van der Waals surface area contributed by atoms with E-state index in [1.807, 2.05) is 43.3 Å². The van der Waals surface area contributed by atoms with Crippen molar-refractivity contribution >= 4 is 17.5 Å². The summed E-state index contributed by atoms with van der Waals surface area (Å²) in [6.45, 7) is 2.38. The molecule has 1 fully saturated rings. The third-order valence-electron chi connectivity index (χ3n) is 5.20. The minimum atomic E-state index is -0.188. The van der Waals surface area contributed by atoms with Gasteiger partial charge in [0.1, 0.15) is 12.4 Å². The second kappa shape index (κ2) is 9.43. The van der Waals surface area contributed by atoms with Gasteiger partial charge in [0.25, 0.3) is 5.91 Å². The van der Waals surface area contributed by atoms with Gasteiger partial charge in [0.2, 0.25) is 5.91 Å². The lowest BCUT2D eigenvalue weighted by Gasteiger charge is -2.16. The zero-order chi connectivity index (χ0) is 21.6. The van der Waals surface area contributed by atoms with E-state index in [-0.39, 0.29) is 23.8 Å². The molecule has 158 valence electrons. The van der Waals surface area contributed by atoms with Gasteiger partial charge in [0.15, 0.2) is 0 Å². The quantitative estimate of drug-likeness (QED) is 0.568. The number of aromatic nitrogens is 1. The summed E-state index contributed by atoms with van der Waals surface area (Å²) in [6, 6.07) is 18.3. The molecule has 2 N–H and O–H groups in total. The smallest absolute Gasteiger partial charge is 0.251 e. The molecule has 31 heavy (non-hydrogen) atoms. The van der Waals surface area contributed by atoms with E-state index in [4.69, 9.17) is 4.74 Å². The van der Waals surface area contributed by atoms with Crippen LogP contribution in [0.3, 0.4) is 0 Å². The number of nitrogens with one attached hydrogen (secondary N) is 2. The van der Waals surface area contributed by atoms with Crippen LogP contribution in [0.2, 0.25) is 0 Å². The molecule has 6 nitrogen and oxygen atoms in total. The first kappa shape index (κ1) is 20.6. The van der Waals surface area contributed by atoms with E-state index >= 15 is 0 Å². The molecule has 4 rings (SSSR count). The maximum atomic E-state index is 12.7. The molecular weight excluding hydrogens is 390 g/mol. The fraction of sp³-hybridized carbons (Fsp3) is 0.240. The van der Waals surface area contributed by atoms with Gasteiger partial charge in [-0.05, 0) is 61.7 Å². The van der Waals surface area contributed by atoms with E-state index in [0.29, 0.717) is 17.9 Å². The van der Waals surface area contributed by atoms with Crippen molar-refractivity contribution in [2.24, 2.45) is 5.92 Å². The largest absolute Gasteiger partial charge is 0.489 e. The topological polar surface area (TPSA) is 80.3 Å². The Kier molecular flexibility index (Phi) is 6.26. The molecule has 3 aromatic rings. The number of nitrogens with zero attached hydrogens (tertiary/aromatic N) is 1. The molecule has 1 aliphatic carbocycles. The lowest BCUT2D eigenvalue weighted by atomic mass is 10.1. The normalized spacial score (nSPS) is 13.8. The Balaban J connectivity index is 1.32. The average Bonchev–Trinajstić information content (AvgIpc) is 3.64. The molecular formula is C25H25N3O3. The van der Waals surface area contributed by atoms with Gasteiger partial charge in [-0.25, -0.2) is 0 Å². The highest BCUT2D eigenvalue weighted by Crippen LogP contribution is 2.30. The predicted molar refractivity (Wildman–Crippen MR) is 119 cm³/mol. The monoisotopic (exact) mass is 415 g/mol. The summed E-state index contributed by atoms with van der Waals surface area (Å²) in [5, 5.41) is 5.88. The van der Waals surface area contributed by atoms with Gasteiger partial charge in [-0.1, -0.05) is 24.3 Å².